The van der Waals surface area contributed by atoms with Gasteiger partial charge in [-0.15, -0.1) is 0 Å². The number of nitrogens with zero attached hydrogens (tertiary/aromatic N) is 2. The summed E-state index contributed by atoms with van der Waals surface area (Å²) in [4.78, 5) is 18.7. The van der Waals surface area contributed by atoms with E-state index in [1.165, 1.54) is 0 Å². The Balaban J connectivity index is 1.77. The molecular weight excluding hydrogens is 326 g/mol. The van der Waals surface area contributed by atoms with Gasteiger partial charge in [-0.2, -0.15) is 0 Å². The molecule has 5 nitrogen and oxygen atoms in total. The average Bonchev–Trinajstić information content (AvgIpc) is 2.72. The third-order valence-electron chi connectivity index (χ3n) is 3.98. The van der Waals surface area contributed by atoms with Gasteiger partial charge in [-0.05, 0) is 41.5 Å². The first-order valence-corrected chi connectivity index (χ1v) is 8.38. The third kappa shape index (κ3) is 4.60. The van der Waals surface area contributed by atoms with Crippen LogP contribution in [0.3, 0.4) is 0 Å². The topological polar surface area (TPSA) is 54.5 Å². The SMILES string of the molecule is COc1ccc(N(Cc2cccnc2)C(=O)NCc2ccccc2)cc1. The molecule has 1 aromatic heterocycles. The third-order valence-corrected chi connectivity index (χ3v) is 3.98. The van der Waals surface area contributed by atoms with E-state index in [4.69, 9.17) is 4.74 Å². The van der Waals surface area contributed by atoms with Crippen LogP contribution in [-0.2, 0) is 13.1 Å². The first-order valence-electron chi connectivity index (χ1n) is 8.38. The summed E-state index contributed by atoms with van der Waals surface area (Å²) in [5, 5.41) is 2.98. The second kappa shape index (κ2) is 8.67. The highest BCUT2D eigenvalue weighted by Gasteiger charge is 2.16. The fourth-order valence-electron chi connectivity index (χ4n) is 2.59. The van der Waals surface area contributed by atoms with Crippen molar-refractivity contribution in [3.63, 3.8) is 0 Å². The maximum Gasteiger partial charge on any atom is 0.322 e. The number of aromatic nitrogens is 1. The molecule has 2 aromatic carbocycles. The summed E-state index contributed by atoms with van der Waals surface area (Å²) in [7, 11) is 1.62. The number of anilines is 1. The molecule has 0 aliphatic carbocycles. The molecule has 0 bridgehead atoms. The van der Waals surface area contributed by atoms with Crippen LogP contribution < -0.4 is 15.0 Å². The predicted molar refractivity (Wildman–Crippen MR) is 102 cm³/mol. The zero-order chi connectivity index (χ0) is 18.2. The van der Waals surface area contributed by atoms with Crippen molar-refractivity contribution >= 4 is 11.7 Å². The van der Waals surface area contributed by atoms with Crippen LogP contribution in [0.1, 0.15) is 11.1 Å². The molecule has 1 N–H and O–H groups in total. The molecule has 0 radical (unpaired) electrons. The highest BCUT2D eigenvalue weighted by Crippen LogP contribution is 2.21. The van der Waals surface area contributed by atoms with E-state index >= 15 is 0 Å². The first-order chi connectivity index (χ1) is 12.8. The summed E-state index contributed by atoms with van der Waals surface area (Å²) in [6.45, 7) is 0.903. The minimum atomic E-state index is -0.164. The Kier molecular flexibility index (Phi) is 5.83. The number of carbonyl (C=O) groups is 1. The molecule has 0 saturated heterocycles. The Morgan fingerprint density at radius 2 is 1.73 bits per heavy atom. The second-order valence-corrected chi connectivity index (χ2v) is 5.79. The number of nitrogens with one attached hydrogen (secondary N) is 1. The molecule has 0 unspecified atom stereocenters. The van der Waals surface area contributed by atoms with Crippen molar-refractivity contribution < 1.29 is 9.53 Å². The fraction of sp³-hybridized carbons (Fsp3) is 0.143. The number of rotatable bonds is 6. The molecule has 3 aromatic rings. The molecule has 0 spiro atoms. The van der Waals surface area contributed by atoms with E-state index in [1.54, 1.807) is 24.4 Å². The number of methoxy groups -OCH3 is 1. The van der Waals surface area contributed by atoms with Crippen LogP contribution in [0.2, 0.25) is 0 Å². The lowest BCUT2D eigenvalue weighted by Gasteiger charge is -2.23. The monoisotopic (exact) mass is 347 g/mol. The number of hydrogen-bond acceptors (Lipinski definition) is 3. The van der Waals surface area contributed by atoms with Gasteiger partial charge in [-0.1, -0.05) is 36.4 Å². The highest BCUT2D eigenvalue weighted by atomic mass is 16.5. The van der Waals surface area contributed by atoms with Gasteiger partial charge in [0.15, 0.2) is 0 Å². The fourth-order valence-corrected chi connectivity index (χ4v) is 2.59. The van der Waals surface area contributed by atoms with Gasteiger partial charge in [0.1, 0.15) is 5.75 Å². The van der Waals surface area contributed by atoms with Crippen molar-refractivity contribution in [2.75, 3.05) is 12.0 Å². The molecule has 0 aliphatic heterocycles. The normalized spacial score (nSPS) is 10.2. The molecule has 1 heterocycles. The summed E-state index contributed by atoms with van der Waals surface area (Å²) >= 11 is 0. The standard InChI is InChI=1S/C21H21N3O2/c1-26-20-11-9-19(10-12-20)24(16-18-8-5-13-22-14-18)21(25)23-15-17-6-3-2-4-7-17/h2-14H,15-16H2,1H3,(H,23,25). The van der Waals surface area contributed by atoms with Crippen molar-refractivity contribution in [3.8, 4) is 5.75 Å². The molecule has 0 atom stereocenters. The van der Waals surface area contributed by atoms with E-state index in [2.05, 4.69) is 10.3 Å². The lowest BCUT2D eigenvalue weighted by Crippen LogP contribution is -2.39. The van der Waals surface area contributed by atoms with Gasteiger partial charge in [0.2, 0.25) is 0 Å². The molecule has 3 rings (SSSR count). The Morgan fingerprint density at radius 1 is 1.00 bits per heavy atom. The number of benzene rings is 2. The minimum absolute atomic E-state index is 0.164. The summed E-state index contributed by atoms with van der Waals surface area (Å²) in [5.41, 5.74) is 2.80. The smallest absolute Gasteiger partial charge is 0.322 e. The van der Waals surface area contributed by atoms with Crippen LogP contribution in [0.4, 0.5) is 10.5 Å². The van der Waals surface area contributed by atoms with E-state index in [9.17, 15) is 4.79 Å². The molecule has 0 aliphatic rings. The maximum absolute atomic E-state index is 12.8. The van der Waals surface area contributed by atoms with E-state index in [-0.39, 0.29) is 6.03 Å². The second-order valence-electron chi connectivity index (χ2n) is 5.79. The van der Waals surface area contributed by atoms with Crippen molar-refractivity contribution in [2.24, 2.45) is 0 Å². The molecule has 2 amide bonds. The van der Waals surface area contributed by atoms with Crippen LogP contribution in [0.25, 0.3) is 0 Å². The first kappa shape index (κ1) is 17.5. The molecule has 26 heavy (non-hydrogen) atoms. The largest absolute Gasteiger partial charge is 0.497 e. The Bertz CT molecular complexity index is 821. The quantitative estimate of drug-likeness (QED) is 0.733. The van der Waals surface area contributed by atoms with Crippen molar-refractivity contribution in [1.29, 1.82) is 0 Å². The summed E-state index contributed by atoms with van der Waals surface area (Å²) in [6, 6.07) is 20.9. The maximum atomic E-state index is 12.8. The van der Waals surface area contributed by atoms with Crippen LogP contribution in [0.5, 0.6) is 5.75 Å². The summed E-state index contributed by atoms with van der Waals surface area (Å²) in [5.74, 6) is 0.750. The molecule has 0 fully saturated rings. The molecule has 5 heteroatoms. The van der Waals surface area contributed by atoms with E-state index in [0.29, 0.717) is 13.1 Å². The number of urea groups is 1. The van der Waals surface area contributed by atoms with Gasteiger partial charge in [0.05, 0.1) is 13.7 Å². The number of hydrogen-bond donors (Lipinski definition) is 1. The number of ether oxygens (including phenoxy) is 1. The number of carbonyl (C=O) groups excluding carboxylic acids is 1. The van der Waals surface area contributed by atoms with Gasteiger partial charge < -0.3 is 10.1 Å². The molecular formula is C21H21N3O2. The van der Waals surface area contributed by atoms with Gasteiger partial charge in [-0.25, -0.2) is 4.79 Å². The number of pyridine rings is 1. The Labute approximate surface area is 153 Å². The van der Waals surface area contributed by atoms with Crippen LogP contribution in [0, 0.1) is 0 Å². The van der Waals surface area contributed by atoms with E-state index in [1.807, 2.05) is 66.7 Å². The van der Waals surface area contributed by atoms with E-state index in [0.717, 1.165) is 22.6 Å². The van der Waals surface area contributed by atoms with Gasteiger partial charge in [-0.3, -0.25) is 9.88 Å². The van der Waals surface area contributed by atoms with Crippen LogP contribution in [0.15, 0.2) is 79.1 Å². The zero-order valence-corrected chi connectivity index (χ0v) is 14.6. The van der Waals surface area contributed by atoms with Gasteiger partial charge in [0, 0.05) is 24.6 Å². The van der Waals surface area contributed by atoms with Gasteiger partial charge >= 0.3 is 6.03 Å². The predicted octanol–water partition coefficient (Wildman–Crippen LogP) is 4.01. The van der Waals surface area contributed by atoms with Crippen molar-refractivity contribution in [3.05, 3.63) is 90.3 Å². The lowest BCUT2D eigenvalue weighted by atomic mass is 10.2. The van der Waals surface area contributed by atoms with Crippen molar-refractivity contribution in [2.45, 2.75) is 13.1 Å². The Morgan fingerprint density at radius 3 is 2.38 bits per heavy atom. The number of amides is 2. The van der Waals surface area contributed by atoms with Crippen molar-refractivity contribution in [1.82, 2.24) is 10.3 Å². The summed E-state index contributed by atoms with van der Waals surface area (Å²) < 4.78 is 5.20. The molecule has 0 saturated carbocycles. The molecule has 132 valence electrons. The zero-order valence-electron chi connectivity index (χ0n) is 14.6. The average molecular weight is 347 g/mol. The van der Waals surface area contributed by atoms with Crippen LogP contribution in [-0.4, -0.2) is 18.1 Å². The van der Waals surface area contributed by atoms with Gasteiger partial charge in [0.25, 0.3) is 0 Å². The van der Waals surface area contributed by atoms with Crippen LogP contribution >= 0.6 is 0 Å². The highest BCUT2D eigenvalue weighted by molar-refractivity contribution is 5.91. The summed E-state index contributed by atoms with van der Waals surface area (Å²) in [6.07, 6.45) is 3.48. The minimum Gasteiger partial charge on any atom is -0.497 e. The lowest BCUT2D eigenvalue weighted by molar-refractivity contribution is 0.245. The Hall–Kier alpha value is -3.34. The van der Waals surface area contributed by atoms with E-state index < -0.39 is 0 Å².